The normalized spacial score (nSPS) is 12.3. The van der Waals surface area contributed by atoms with Crippen molar-refractivity contribution < 1.29 is 38.1 Å². The van der Waals surface area contributed by atoms with Crippen molar-refractivity contribution in [2.75, 3.05) is 26.4 Å². The highest BCUT2D eigenvalue weighted by atomic mass is 16.6. The lowest BCUT2D eigenvalue weighted by molar-refractivity contribution is -0.167. The highest BCUT2D eigenvalue weighted by Crippen LogP contribution is 2.26. The Bertz CT molecular complexity index is 892. The first-order valence-corrected chi connectivity index (χ1v) is 26.1. The molecule has 2 atom stereocenters. The van der Waals surface area contributed by atoms with Gasteiger partial charge in [-0.1, -0.05) is 233 Å². The van der Waals surface area contributed by atoms with Crippen molar-refractivity contribution in [3.8, 4) is 0 Å². The molecule has 0 radical (unpaired) electrons. The Morgan fingerprint density at radius 2 is 0.450 bits per heavy atom. The molecule has 60 heavy (non-hydrogen) atoms. The third-order valence-electron chi connectivity index (χ3n) is 11.9. The van der Waals surface area contributed by atoms with Gasteiger partial charge < -0.3 is 18.9 Å². The molecule has 0 amide bonds. The minimum absolute atomic E-state index is 0.210. The number of hydrogen-bond donors (Lipinski definition) is 0. The summed E-state index contributed by atoms with van der Waals surface area (Å²) in [5.41, 5.74) is 0. The molecular weight excluding hydrogens is 753 g/mol. The van der Waals surface area contributed by atoms with Crippen molar-refractivity contribution >= 4 is 23.9 Å². The van der Waals surface area contributed by atoms with Crippen LogP contribution in [-0.2, 0) is 38.1 Å². The Morgan fingerprint density at radius 3 is 0.667 bits per heavy atom. The molecule has 0 aliphatic heterocycles. The van der Waals surface area contributed by atoms with Gasteiger partial charge in [-0.15, -0.1) is 0 Å². The monoisotopic (exact) mass is 851 g/mol. The van der Waals surface area contributed by atoms with E-state index in [1.165, 1.54) is 154 Å². The smallest absolute Gasteiger partial charge is 0.310 e. The summed E-state index contributed by atoms with van der Waals surface area (Å²) < 4.78 is 22.7. The molecule has 0 aliphatic carbocycles. The van der Waals surface area contributed by atoms with Crippen molar-refractivity contribution in [3.63, 3.8) is 0 Å². The van der Waals surface area contributed by atoms with E-state index in [0.29, 0.717) is 12.8 Å². The molecule has 0 aromatic carbocycles. The topological polar surface area (TPSA) is 105 Å². The third-order valence-corrected chi connectivity index (χ3v) is 11.9. The largest absolute Gasteiger partial charge is 0.466 e. The van der Waals surface area contributed by atoms with Gasteiger partial charge in [0.2, 0.25) is 0 Å². The van der Waals surface area contributed by atoms with Gasteiger partial charge in [0.05, 0.1) is 51.1 Å². The second kappa shape index (κ2) is 46.4. The number of hydrogen-bond acceptors (Lipinski definition) is 8. The lowest BCUT2D eigenvalue weighted by atomic mass is 9.86. The van der Waals surface area contributed by atoms with E-state index in [1.807, 2.05) is 0 Å². The van der Waals surface area contributed by atoms with Gasteiger partial charge in [-0.2, -0.15) is 0 Å². The highest BCUT2D eigenvalue weighted by Gasteiger charge is 2.40. The number of unbranched alkanes of at least 4 members (excludes halogenated alkanes) is 32. The fourth-order valence-corrected chi connectivity index (χ4v) is 7.84. The summed E-state index contributed by atoms with van der Waals surface area (Å²) in [7, 11) is 0. The van der Waals surface area contributed by atoms with Gasteiger partial charge >= 0.3 is 23.9 Å². The third kappa shape index (κ3) is 38.8. The Labute approximate surface area is 370 Å². The van der Waals surface area contributed by atoms with Crippen LogP contribution in [0.25, 0.3) is 0 Å². The van der Waals surface area contributed by atoms with Crippen LogP contribution in [0.4, 0.5) is 0 Å². The molecule has 0 saturated carbocycles. The van der Waals surface area contributed by atoms with E-state index in [4.69, 9.17) is 18.9 Å². The summed E-state index contributed by atoms with van der Waals surface area (Å²) >= 11 is 0. The quantitative estimate of drug-likeness (QED) is 0.0339. The van der Waals surface area contributed by atoms with E-state index in [9.17, 15) is 19.2 Å². The summed E-state index contributed by atoms with van der Waals surface area (Å²) in [5, 5.41) is 0. The summed E-state index contributed by atoms with van der Waals surface area (Å²) in [4.78, 5) is 54.1. The average Bonchev–Trinajstić information content (AvgIpc) is 3.24. The average molecular weight is 851 g/mol. The summed E-state index contributed by atoms with van der Waals surface area (Å²) in [6, 6.07) is 0. The van der Waals surface area contributed by atoms with Crippen LogP contribution in [0.3, 0.4) is 0 Å². The zero-order valence-corrected chi connectivity index (χ0v) is 40.1. The first-order valence-electron chi connectivity index (χ1n) is 26.1. The zero-order valence-electron chi connectivity index (χ0n) is 40.1. The van der Waals surface area contributed by atoms with Crippen molar-refractivity contribution in [2.24, 2.45) is 11.8 Å². The molecule has 0 rings (SSSR count). The molecule has 0 saturated heterocycles. The van der Waals surface area contributed by atoms with E-state index >= 15 is 0 Å². The summed E-state index contributed by atoms with van der Waals surface area (Å²) in [6.07, 6.45) is 40.4. The van der Waals surface area contributed by atoms with Gasteiger partial charge in [-0.05, 0) is 25.7 Å². The van der Waals surface area contributed by atoms with E-state index < -0.39 is 35.7 Å². The van der Waals surface area contributed by atoms with Crippen LogP contribution in [0.5, 0.6) is 0 Å². The SMILES string of the molecule is CCCCCCCCCCCOC(=O)CC(C(=O)OCCCCCCCCCCC)C(CC(=O)OCCCCCCCCCCC)C(=O)OCCCCCCCCCCC. The molecule has 0 aromatic rings. The Kier molecular flexibility index (Phi) is 44.7. The first-order chi connectivity index (χ1) is 29.4. The number of carbonyl (C=O) groups is 4. The van der Waals surface area contributed by atoms with Crippen LogP contribution in [0.15, 0.2) is 0 Å². The molecule has 0 aromatic heterocycles. The molecule has 2 unspecified atom stereocenters. The maximum Gasteiger partial charge on any atom is 0.310 e. The van der Waals surface area contributed by atoms with Crippen LogP contribution < -0.4 is 0 Å². The second-order valence-corrected chi connectivity index (χ2v) is 17.7. The number of carbonyl (C=O) groups excluding carboxylic acids is 4. The van der Waals surface area contributed by atoms with E-state index in [-0.39, 0.29) is 39.3 Å². The molecule has 0 aliphatic rings. The molecule has 8 nitrogen and oxygen atoms in total. The molecule has 0 fully saturated rings. The van der Waals surface area contributed by atoms with Gasteiger partial charge in [-0.25, -0.2) is 0 Å². The molecule has 0 N–H and O–H groups in total. The van der Waals surface area contributed by atoms with Crippen molar-refractivity contribution in [3.05, 3.63) is 0 Å². The van der Waals surface area contributed by atoms with Gasteiger partial charge in [0.1, 0.15) is 0 Å². The molecule has 0 bridgehead atoms. The van der Waals surface area contributed by atoms with Gasteiger partial charge in [0, 0.05) is 0 Å². The van der Waals surface area contributed by atoms with Crippen molar-refractivity contribution in [2.45, 2.75) is 272 Å². The van der Waals surface area contributed by atoms with Crippen LogP contribution in [0.1, 0.15) is 272 Å². The predicted molar refractivity (Wildman–Crippen MR) is 249 cm³/mol. The lowest BCUT2D eigenvalue weighted by Crippen LogP contribution is -2.36. The van der Waals surface area contributed by atoms with Crippen LogP contribution in [-0.4, -0.2) is 50.3 Å². The summed E-state index contributed by atoms with van der Waals surface area (Å²) in [6.45, 7) is 9.86. The fraction of sp³-hybridized carbons (Fsp3) is 0.923. The molecule has 354 valence electrons. The van der Waals surface area contributed by atoms with Crippen LogP contribution in [0, 0.1) is 11.8 Å². The second-order valence-electron chi connectivity index (χ2n) is 17.7. The van der Waals surface area contributed by atoms with Gasteiger partial charge in [0.25, 0.3) is 0 Å². The maximum atomic E-state index is 13.8. The minimum atomic E-state index is -1.19. The fourth-order valence-electron chi connectivity index (χ4n) is 7.84. The Morgan fingerprint density at radius 1 is 0.267 bits per heavy atom. The number of ether oxygens (including phenoxy) is 4. The zero-order chi connectivity index (χ0) is 44.0. The Balaban J connectivity index is 5.45. The Hall–Kier alpha value is -2.12. The molecule has 0 spiro atoms. The van der Waals surface area contributed by atoms with E-state index in [2.05, 4.69) is 27.7 Å². The standard InChI is InChI=1S/C52H98O8/c1-5-9-13-17-21-25-29-33-37-41-57-49(53)45-47(51(55)59-43-39-35-31-27-23-19-15-11-7-3)48(52(56)60-44-40-36-32-28-24-20-16-12-8-4)46-50(54)58-42-38-34-30-26-22-18-14-10-6-2/h47-48H,5-46H2,1-4H3. The first kappa shape index (κ1) is 57.9. The van der Waals surface area contributed by atoms with Gasteiger partial charge in [0.15, 0.2) is 0 Å². The summed E-state index contributed by atoms with van der Waals surface area (Å²) in [5.74, 6) is -4.78. The number of rotatable bonds is 47. The molecule has 8 heteroatoms. The maximum absolute atomic E-state index is 13.8. The van der Waals surface area contributed by atoms with E-state index in [1.54, 1.807) is 0 Å². The van der Waals surface area contributed by atoms with Crippen LogP contribution >= 0.6 is 0 Å². The minimum Gasteiger partial charge on any atom is -0.466 e. The molecule has 0 heterocycles. The predicted octanol–water partition coefficient (Wildman–Crippen LogP) is 15.3. The lowest BCUT2D eigenvalue weighted by Gasteiger charge is -2.23. The molecular formula is C52H98O8. The highest BCUT2D eigenvalue weighted by molar-refractivity contribution is 5.88. The number of esters is 4. The van der Waals surface area contributed by atoms with Crippen LogP contribution in [0.2, 0.25) is 0 Å². The van der Waals surface area contributed by atoms with Gasteiger partial charge in [-0.3, -0.25) is 19.2 Å². The van der Waals surface area contributed by atoms with Crippen molar-refractivity contribution in [1.82, 2.24) is 0 Å². The van der Waals surface area contributed by atoms with Crippen molar-refractivity contribution in [1.29, 1.82) is 0 Å². The van der Waals surface area contributed by atoms with E-state index in [0.717, 1.165) is 64.2 Å².